The van der Waals surface area contributed by atoms with E-state index in [0.29, 0.717) is 5.52 Å². The van der Waals surface area contributed by atoms with Gasteiger partial charge in [-0.3, -0.25) is 4.79 Å². The number of halogens is 2. The van der Waals surface area contributed by atoms with E-state index >= 15 is 0 Å². The number of fused-ring (bicyclic) bond motifs is 1. The number of aliphatic carboxylic acids is 1. The molecule has 15 heavy (non-hydrogen) atoms. The summed E-state index contributed by atoms with van der Waals surface area (Å²) in [5.41, 5.74) is 0.836. The zero-order valence-electron chi connectivity index (χ0n) is 7.42. The molecule has 2 N–H and O–H groups in total. The number of rotatable bonds is 2. The molecule has 0 aliphatic carbocycles. The van der Waals surface area contributed by atoms with Gasteiger partial charge in [0, 0.05) is 5.56 Å². The molecular formula is C9H6ClFN2O2. The molecule has 2 rings (SSSR count). The number of hydrogen-bond acceptors (Lipinski definition) is 2. The van der Waals surface area contributed by atoms with Crippen molar-refractivity contribution in [3.05, 3.63) is 28.8 Å². The first-order chi connectivity index (χ1) is 7.08. The lowest BCUT2D eigenvalue weighted by molar-refractivity contribution is -0.136. The van der Waals surface area contributed by atoms with Crippen molar-refractivity contribution in [2.75, 3.05) is 0 Å². The Balaban J connectivity index is 2.67. The van der Waals surface area contributed by atoms with Crippen LogP contribution in [0.15, 0.2) is 12.1 Å². The van der Waals surface area contributed by atoms with Crippen LogP contribution in [0.5, 0.6) is 0 Å². The lowest BCUT2D eigenvalue weighted by Gasteiger charge is -1.99. The number of nitrogens with zero attached hydrogens (tertiary/aromatic N) is 1. The summed E-state index contributed by atoms with van der Waals surface area (Å²) in [4.78, 5) is 17.1. The first-order valence-corrected chi connectivity index (χ1v) is 4.50. The number of carboxylic acids is 1. The zero-order chi connectivity index (χ0) is 11.0. The van der Waals surface area contributed by atoms with Gasteiger partial charge >= 0.3 is 5.97 Å². The van der Waals surface area contributed by atoms with Crippen LogP contribution in [0.3, 0.4) is 0 Å². The maximum atomic E-state index is 13.3. The van der Waals surface area contributed by atoms with E-state index in [2.05, 4.69) is 9.97 Å². The van der Waals surface area contributed by atoms with Crippen LogP contribution in [-0.4, -0.2) is 21.0 Å². The molecule has 0 aliphatic rings. The molecule has 0 amide bonds. The summed E-state index contributed by atoms with van der Waals surface area (Å²) >= 11 is 5.61. The normalized spacial score (nSPS) is 10.8. The first kappa shape index (κ1) is 9.92. The summed E-state index contributed by atoms with van der Waals surface area (Å²) in [6.07, 6.45) is -0.412. The second kappa shape index (κ2) is 3.51. The summed E-state index contributed by atoms with van der Waals surface area (Å²) in [6, 6.07) is 2.66. The van der Waals surface area contributed by atoms with Gasteiger partial charge in [-0.15, -0.1) is 0 Å². The Morgan fingerprint density at radius 3 is 3.00 bits per heavy atom. The van der Waals surface area contributed by atoms with Gasteiger partial charge in [0.15, 0.2) is 0 Å². The van der Waals surface area contributed by atoms with Crippen LogP contribution in [0, 0.1) is 5.82 Å². The third kappa shape index (κ3) is 1.78. The zero-order valence-corrected chi connectivity index (χ0v) is 8.18. The number of H-pyrrole nitrogens is 1. The van der Waals surface area contributed by atoms with Gasteiger partial charge in [0.25, 0.3) is 0 Å². The molecule has 0 atom stereocenters. The number of hydrogen-bond donors (Lipinski definition) is 2. The highest BCUT2D eigenvalue weighted by Gasteiger charge is 2.14. The van der Waals surface area contributed by atoms with Crippen molar-refractivity contribution >= 4 is 28.6 Å². The van der Waals surface area contributed by atoms with E-state index in [1.165, 1.54) is 12.1 Å². The highest BCUT2D eigenvalue weighted by molar-refractivity contribution is 6.29. The van der Waals surface area contributed by atoms with Crippen molar-refractivity contribution in [2.45, 2.75) is 6.42 Å². The maximum Gasteiger partial charge on any atom is 0.308 e. The highest BCUT2D eigenvalue weighted by atomic mass is 35.5. The third-order valence-corrected chi connectivity index (χ3v) is 2.18. The number of aromatic nitrogens is 2. The summed E-state index contributed by atoms with van der Waals surface area (Å²) in [5, 5.41) is 8.73. The van der Waals surface area contributed by atoms with E-state index in [1.807, 2.05) is 0 Å². The monoisotopic (exact) mass is 228 g/mol. The van der Waals surface area contributed by atoms with Crippen LogP contribution in [-0.2, 0) is 11.2 Å². The van der Waals surface area contributed by atoms with Gasteiger partial charge in [-0.2, -0.15) is 0 Å². The van der Waals surface area contributed by atoms with Crippen molar-refractivity contribution in [3.8, 4) is 0 Å². The molecule has 0 fully saturated rings. The fourth-order valence-electron chi connectivity index (χ4n) is 1.40. The highest BCUT2D eigenvalue weighted by Crippen LogP contribution is 2.21. The van der Waals surface area contributed by atoms with Crippen LogP contribution in [0.1, 0.15) is 5.56 Å². The minimum atomic E-state index is -1.11. The Hall–Kier alpha value is -1.62. The van der Waals surface area contributed by atoms with Crippen molar-refractivity contribution < 1.29 is 14.3 Å². The quantitative estimate of drug-likeness (QED) is 0.826. The Morgan fingerprint density at radius 2 is 2.33 bits per heavy atom. The fraction of sp³-hybridized carbons (Fsp3) is 0.111. The van der Waals surface area contributed by atoms with Crippen LogP contribution in [0.4, 0.5) is 4.39 Å². The molecule has 0 saturated heterocycles. The maximum absolute atomic E-state index is 13.3. The Labute approximate surface area is 88.7 Å². The van der Waals surface area contributed by atoms with Gasteiger partial charge in [0.2, 0.25) is 5.28 Å². The number of carboxylic acid groups (broad SMARTS) is 1. The molecule has 78 valence electrons. The van der Waals surface area contributed by atoms with E-state index in [1.54, 1.807) is 0 Å². The predicted octanol–water partition coefficient (Wildman–Crippen LogP) is 1.98. The van der Waals surface area contributed by atoms with Gasteiger partial charge in [-0.05, 0) is 23.7 Å². The Bertz CT molecular complexity index is 538. The molecule has 0 unspecified atom stereocenters. The third-order valence-electron chi connectivity index (χ3n) is 2.00. The van der Waals surface area contributed by atoms with E-state index in [-0.39, 0.29) is 16.4 Å². The lowest BCUT2D eigenvalue weighted by atomic mass is 10.1. The SMILES string of the molecule is O=C(O)Cc1c(F)ccc2[nH]c(Cl)nc12. The van der Waals surface area contributed by atoms with Crippen molar-refractivity contribution in [1.29, 1.82) is 0 Å². The minimum absolute atomic E-state index is 0.0446. The average molecular weight is 229 g/mol. The van der Waals surface area contributed by atoms with Crippen LogP contribution < -0.4 is 0 Å². The second-order valence-corrected chi connectivity index (χ2v) is 3.38. The van der Waals surface area contributed by atoms with Crippen LogP contribution in [0.25, 0.3) is 11.0 Å². The Kier molecular flexibility index (Phi) is 2.32. The molecular weight excluding hydrogens is 223 g/mol. The molecule has 2 aromatic rings. The molecule has 6 heteroatoms. The van der Waals surface area contributed by atoms with Gasteiger partial charge < -0.3 is 10.1 Å². The van der Waals surface area contributed by atoms with Crippen LogP contribution in [0.2, 0.25) is 5.28 Å². The number of carbonyl (C=O) groups is 1. The summed E-state index contributed by atoms with van der Waals surface area (Å²) < 4.78 is 13.3. The molecule has 1 aromatic heterocycles. The molecule has 0 bridgehead atoms. The molecule has 0 saturated carbocycles. The first-order valence-electron chi connectivity index (χ1n) is 4.12. The summed E-state index contributed by atoms with van der Waals surface area (Å²) in [7, 11) is 0. The van der Waals surface area contributed by atoms with Crippen LogP contribution >= 0.6 is 11.6 Å². The van der Waals surface area contributed by atoms with E-state index < -0.39 is 18.2 Å². The number of nitrogens with one attached hydrogen (secondary N) is 1. The molecule has 1 heterocycles. The molecule has 4 nitrogen and oxygen atoms in total. The number of imidazole rings is 1. The summed E-state index contributed by atoms with van der Waals surface area (Å²) in [6.45, 7) is 0. The van der Waals surface area contributed by atoms with Crippen molar-refractivity contribution in [2.24, 2.45) is 0 Å². The molecule has 0 aliphatic heterocycles. The van der Waals surface area contributed by atoms with Gasteiger partial charge in [-0.1, -0.05) is 0 Å². The largest absolute Gasteiger partial charge is 0.481 e. The van der Waals surface area contributed by atoms with Gasteiger partial charge in [-0.25, -0.2) is 9.37 Å². The number of benzene rings is 1. The van der Waals surface area contributed by atoms with E-state index in [9.17, 15) is 9.18 Å². The predicted molar refractivity (Wildman–Crippen MR) is 52.4 cm³/mol. The molecule has 0 spiro atoms. The topological polar surface area (TPSA) is 66.0 Å². The Morgan fingerprint density at radius 1 is 1.60 bits per heavy atom. The van der Waals surface area contributed by atoms with Gasteiger partial charge in [0.05, 0.1) is 17.5 Å². The van der Waals surface area contributed by atoms with Gasteiger partial charge in [0.1, 0.15) is 5.82 Å². The van der Waals surface area contributed by atoms with Crippen molar-refractivity contribution in [3.63, 3.8) is 0 Å². The standard InChI is InChI=1S/C9H6ClFN2O2/c10-9-12-6-2-1-5(11)4(3-7(14)15)8(6)13-9/h1-2H,3H2,(H,12,13)(H,14,15). The number of aromatic amines is 1. The summed E-state index contributed by atoms with van der Waals surface area (Å²) in [5.74, 6) is -1.70. The van der Waals surface area contributed by atoms with Crippen molar-refractivity contribution in [1.82, 2.24) is 9.97 Å². The van der Waals surface area contributed by atoms with E-state index in [4.69, 9.17) is 16.7 Å². The fourth-order valence-corrected chi connectivity index (χ4v) is 1.58. The lowest BCUT2D eigenvalue weighted by Crippen LogP contribution is -2.03. The molecule has 0 radical (unpaired) electrons. The van der Waals surface area contributed by atoms with E-state index in [0.717, 1.165) is 0 Å². The average Bonchev–Trinajstić information content (AvgIpc) is 2.51. The second-order valence-electron chi connectivity index (χ2n) is 3.02. The molecule has 1 aromatic carbocycles. The smallest absolute Gasteiger partial charge is 0.308 e. The minimum Gasteiger partial charge on any atom is -0.481 e.